The van der Waals surface area contributed by atoms with E-state index in [4.69, 9.17) is 0 Å². The summed E-state index contributed by atoms with van der Waals surface area (Å²) in [5.41, 5.74) is 4.14. The third-order valence-corrected chi connectivity index (χ3v) is 3.57. The highest BCUT2D eigenvalue weighted by Crippen LogP contribution is 2.34. The third-order valence-electron chi connectivity index (χ3n) is 3.57. The molecule has 1 aliphatic carbocycles. The van der Waals surface area contributed by atoms with Crippen LogP contribution >= 0.6 is 0 Å². The lowest BCUT2D eigenvalue weighted by Gasteiger charge is -2.19. The fraction of sp³-hybridized carbons (Fsp3) is 0.400. The molecule has 1 unspecified atom stereocenters. The van der Waals surface area contributed by atoms with Gasteiger partial charge in [-0.15, -0.1) is 0 Å². The standard InChI is InChI=1S/C15H18N2/c1-10(2)17-14-8-11(3)4-5-12(14)13-6-7-16-9-15(13)17/h4-7,9-11H,8H2,1-3H3. The van der Waals surface area contributed by atoms with E-state index in [-0.39, 0.29) is 0 Å². The van der Waals surface area contributed by atoms with Gasteiger partial charge in [-0.25, -0.2) is 0 Å². The summed E-state index contributed by atoms with van der Waals surface area (Å²) < 4.78 is 2.44. The van der Waals surface area contributed by atoms with Crippen molar-refractivity contribution in [2.45, 2.75) is 33.2 Å². The zero-order valence-electron chi connectivity index (χ0n) is 10.6. The van der Waals surface area contributed by atoms with Crippen molar-refractivity contribution in [2.75, 3.05) is 0 Å². The van der Waals surface area contributed by atoms with Gasteiger partial charge in [0.25, 0.3) is 0 Å². The lowest BCUT2D eigenvalue weighted by atomic mass is 9.95. The van der Waals surface area contributed by atoms with Crippen LogP contribution in [0, 0.1) is 5.92 Å². The van der Waals surface area contributed by atoms with E-state index in [2.05, 4.69) is 48.5 Å². The molecule has 0 amide bonds. The highest BCUT2D eigenvalue weighted by molar-refractivity contribution is 5.91. The van der Waals surface area contributed by atoms with E-state index in [1.165, 1.54) is 22.2 Å². The molecule has 0 spiro atoms. The largest absolute Gasteiger partial charge is 0.340 e. The van der Waals surface area contributed by atoms with Gasteiger partial charge in [-0.3, -0.25) is 4.98 Å². The third kappa shape index (κ3) is 1.51. The zero-order chi connectivity index (χ0) is 12.0. The van der Waals surface area contributed by atoms with Gasteiger partial charge < -0.3 is 4.57 Å². The quantitative estimate of drug-likeness (QED) is 0.722. The van der Waals surface area contributed by atoms with Crippen LogP contribution in [-0.4, -0.2) is 9.55 Å². The lowest BCUT2D eigenvalue weighted by Crippen LogP contribution is -2.11. The van der Waals surface area contributed by atoms with Crippen molar-refractivity contribution in [2.24, 2.45) is 5.92 Å². The number of pyridine rings is 1. The molecule has 0 fully saturated rings. The van der Waals surface area contributed by atoms with Crippen LogP contribution in [0.1, 0.15) is 38.1 Å². The highest BCUT2D eigenvalue weighted by atomic mass is 15.0. The first-order chi connectivity index (χ1) is 8.18. The maximum Gasteiger partial charge on any atom is 0.0677 e. The number of hydrogen-bond acceptors (Lipinski definition) is 1. The summed E-state index contributed by atoms with van der Waals surface area (Å²) in [6, 6.07) is 2.62. The molecule has 0 saturated carbocycles. The summed E-state index contributed by atoms with van der Waals surface area (Å²) in [4.78, 5) is 4.27. The van der Waals surface area contributed by atoms with Crippen LogP contribution in [0.5, 0.6) is 0 Å². The van der Waals surface area contributed by atoms with Crippen LogP contribution in [-0.2, 0) is 6.42 Å². The van der Waals surface area contributed by atoms with Crippen molar-refractivity contribution in [3.63, 3.8) is 0 Å². The summed E-state index contributed by atoms with van der Waals surface area (Å²) in [7, 11) is 0. The molecular weight excluding hydrogens is 208 g/mol. The molecule has 0 aromatic carbocycles. The van der Waals surface area contributed by atoms with Crippen molar-refractivity contribution in [3.8, 4) is 0 Å². The predicted molar refractivity (Wildman–Crippen MR) is 72.0 cm³/mol. The number of rotatable bonds is 1. The maximum atomic E-state index is 4.27. The van der Waals surface area contributed by atoms with Crippen molar-refractivity contribution in [1.82, 2.24) is 9.55 Å². The Morgan fingerprint density at radius 1 is 1.41 bits per heavy atom. The van der Waals surface area contributed by atoms with Gasteiger partial charge in [0.05, 0.1) is 11.7 Å². The van der Waals surface area contributed by atoms with Crippen LogP contribution in [0.25, 0.3) is 17.0 Å². The van der Waals surface area contributed by atoms with Gasteiger partial charge in [-0.2, -0.15) is 0 Å². The summed E-state index contributed by atoms with van der Waals surface area (Å²) in [6.45, 7) is 6.77. The molecule has 2 heterocycles. The molecule has 1 atom stereocenters. The summed E-state index contributed by atoms with van der Waals surface area (Å²) in [5.74, 6) is 0.636. The van der Waals surface area contributed by atoms with Crippen molar-refractivity contribution in [1.29, 1.82) is 0 Å². The first-order valence-corrected chi connectivity index (χ1v) is 6.33. The van der Waals surface area contributed by atoms with Gasteiger partial charge in [-0.05, 0) is 32.3 Å². The first kappa shape index (κ1) is 10.6. The minimum absolute atomic E-state index is 0.490. The van der Waals surface area contributed by atoms with E-state index < -0.39 is 0 Å². The van der Waals surface area contributed by atoms with Crippen LogP contribution in [0.2, 0.25) is 0 Å². The van der Waals surface area contributed by atoms with E-state index in [1.54, 1.807) is 0 Å². The summed E-state index contributed by atoms with van der Waals surface area (Å²) in [5, 5.41) is 1.34. The van der Waals surface area contributed by atoms with Crippen LogP contribution in [0.15, 0.2) is 24.5 Å². The number of allylic oxidation sites excluding steroid dienone is 1. The molecule has 0 aliphatic heterocycles. The molecule has 0 saturated heterocycles. The van der Waals surface area contributed by atoms with Crippen LogP contribution < -0.4 is 0 Å². The smallest absolute Gasteiger partial charge is 0.0677 e. The fourth-order valence-corrected chi connectivity index (χ4v) is 2.85. The zero-order valence-corrected chi connectivity index (χ0v) is 10.6. The number of nitrogens with zero attached hydrogens (tertiary/aromatic N) is 2. The summed E-state index contributed by atoms with van der Waals surface area (Å²) in [6.07, 6.45) is 9.61. The van der Waals surface area contributed by atoms with Gasteiger partial charge in [0.15, 0.2) is 0 Å². The van der Waals surface area contributed by atoms with E-state index >= 15 is 0 Å². The van der Waals surface area contributed by atoms with E-state index in [9.17, 15) is 0 Å². The lowest BCUT2D eigenvalue weighted by molar-refractivity contribution is 0.567. The van der Waals surface area contributed by atoms with E-state index in [0.29, 0.717) is 12.0 Å². The van der Waals surface area contributed by atoms with Gasteiger partial charge in [-0.1, -0.05) is 19.1 Å². The summed E-state index contributed by atoms with van der Waals surface area (Å²) >= 11 is 0. The Labute approximate surface area is 102 Å². The Hall–Kier alpha value is -1.57. The molecule has 3 rings (SSSR count). The predicted octanol–water partition coefficient (Wildman–Crippen LogP) is 3.82. The Bertz CT molecular complexity index is 590. The molecule has 1 aliphatic rings. The molecule has 2 nitrogen and oxygen atoms in total. The molecule has 0 bridgehead atoms. The van der Waals surface area contributed by atoms with Gasteiger partial charge >= 0.3 is 0 Å². The number of fused-ring (bicyclic) bond motifs is 3. The highest BCUT2D eigenvalue weighted by Gasteiger charge is 2.20. The van der Waals surface area contributed by atoms with Crippen LogP contribution in [0.3, 0.4) is 0 Å². The molecule has 88 valence electrons. The van der Waals surface area contributed by atoms with Gasteiger partial charge in [0.2, 0.25) is 0 Å². The second-order valence-electron chi connectivity index (χ2n) is 5.26. The Morgan fingerprint density at radius 2 is 2.24 bits per heavy atom. The molecule has 2 heteroatoms. The second-order valence-corrected chi connectivity index (χ2v) is 5.26. The van der Waals surface area contributed by atoms with Crippen molar-refractivity contribution < 1.29 is 0 Å². The van der Waals surface area contributed by atoms with Gasteiger partial charge in [0, 0.05) is 28.9 Å². The Kier molecular flexibility index (Phi) is 2.32. The average molecular weight is 226 g/mol. The van der Waals surface area contributed by atoms with E-state index in [0.717, 1.165) is 6.42 Å². The topological polar surface area (TPSA) is 17.8 Å². The first-order valence-electron chi connectivity index (χ1n) is 6.33. The van der Waals surface area contributed by atoms with E-state index in [1.807, 2.05) is 12.4 Å². The molecular formula is C15H18N2. The number of aromatic nitrogens is 2. The van der Waals surface area contributed by atoms with Crippen molar-refractivity contribution in [3.05, 3.63) is 35.8 Å². The number of hydrogen-bond donors (Lipinski definition) is 0. The molecule has 2 aromatic heterocycles. The minimum Gasteiger partial charge on any atom is -0.340 e. The fourth-order valence-electron chi connectivity index (χ4n) is 2.85. The SMILES string of the molecule is CC1C=Cc2c(n(C(C)C)c3cnccc23)C1. The molecule has 0 N–H and O–H groups in total. The molecule has 17 heavy (non-hydrogen) atoms. The van der Waals surface area contributed by atoms with Crippen LogP contribution in [0.4, 0.5) is 0 Å². The monoisotopic (exact) mass is 226 g/mol. The average Bonchev–Trinajstić information content (AvgIpc) is 2.62. The van der Waals surface area contributed by atoms with Crippen molar-refractivity contribution >= 4 is 17.0 Å². The Balaban J connectivity index is 2.38. The molecule has 2 aromatic rings. The molecule has 0 radical (unpaired) electrons. The maximum absolute atomic E-state index is 4.27. The Morgan fingerprint density at radius 3 is 3.00 bits per heavy atom. The van der Waals surface area contributed by atoms with Gasteiger partial charge in [0.1, 0.15) is 0 Å². The second kappa shape index (κ2) is 3.73. The normalized spacial score (nSPS) is 18.9. The minimum atomic E-state index is 0.490.